The van der Waals surface area contributed by atoms with Crippen molar-refractivity contribution in [2.24, 2.45) is 0 Å². The van der Waals surface area contributed by atoms with E-state index in [1.54, 1.807) is 6.08 Å². The number of carbonyl (C=O) groups is 1. The van der Waals surface area contributed by atoms with Gasteiger partial charge in [0.15, 0.2) is 0 Å². The molecule has 0 fully saturated rings. The van der Waals surface area contributed by atoms with E-state index in [1.807, 2.05) is 27.2 Å². The van der Waals surface area contributed by atoms with Gasteiger partial charge < -0.3 is 19.8 Å². The minimum absolute atomic E-state index is 0.0573. The third-order valence-electron chi connectivity index (χ3n) is 15.5. The molecule has 0 bridgehead atoms. The number of carbonyl (C=O) groups excluding carboxylic acids is 1. The maximum atomic E-state index is 13.0. The lowest BCUT2D eigenvalue weighted by Gasteiger charge is -2.25. The van der Waals surface area contributed by atoms with E-state index < -0.39 is 20.0 Å². The van der Waals surface area contributed by atoms with E-state index in [1.165, 1.54) is 270 Å². The van der Waals surface area contributed by atoms with Gasteiger partial charge in [-0.3, -0.25) is 13.8 Å². The molecule has 9 heteroatoms. The molecule has 0 aliphatic heterocycles. The molecule has 0 aromatic heterocycles. The first kappa shape index (κ1) is 76.5. The molecule has 0 heterocycles. The van der Waals surface area contributed by atoms with Crippen LogP contribution in [0.15, 0.2) is 48.6 Å². The third kappa shape index (κ3) is 62.1. The zero-order valence-electron chi connectivity index (χ0n) is 52.7. The highest BCUT2D eigenvalue weighted by molar-refractivity contribution is 7.47. The standard InChI is InChI=1S/C69H133N2O6P/c1-6-8-10-12-14-16-18-20-22-24-26-28-30-31-32-33-34-35-36-37-38-39-41-43-45-47-49-51-53-55-57-59-61-63-69(73)70-67(66-77-78(74,75)76-65-64-71(3,4)5)68(72)62-60-58-56-54-52-50-48-46-44-42-40-29-27-25-23-21-19-17-15-13-11-9-7-2/h18,20,24,26,52,54,60,62,67-68,72H,6-17,19,21-23,25,27-51,53,55-59,61,63-66H2,1-5H3,(H-,70,73,74,75)/p+1/b20-18-,26-24-,54-52+,62-60+. The zero-order chi connectivity index (χ0) is 57.0. The lowest BCUT2D eigenvalue weighted by atomic mass is 10.0. The first-order valence-electron chi connectivity index (χ1n) is 34.0. The van der Waals surface area contributed by atoms with Crippen LogP contribution in [-0.2, 0) is 18.4 Å². The highest BCUT2D eigenvalue weighted by atomic mass is 31.2. The Hall–Kier alpha value is -1.54. The van der Waals surface area contributed by atoms with Crippen molar-refractivity contribution in [1.29, 1.82) is 0 Å². The normalized spacial score (nSPS) is 14.0. The van der Waals surface area contributed by atoms with Crippen LogP contribution in [0.5, 0.6) is 0 Å². The molecule has 0 aliphatic rings. The van der Waals surface area contributed by atoms with Crippen molar-refractivity contribution in [2.45, 2.75) is 347 Å². The van der Waals surface area contributed by atoms with Gasteiger partial charge in [0.05, 0.1) is 39.9 Å². The number of hydrogen-bond donors (Lipinski definition) is 3. The molecule has 0 spiro atoms. The van der Waals surface area contributed by atoms with Crippen LogP contribution in [0.1, 0.15) is 335 Å². The van der Waals surface area contributed by atoms with Crippen molar-refractivity contribution in [3.05, 3.63) is 48.6 Å². The Morgan fingerprint density at radius 3 is 1.10 bits per heavy atom. The van der Waals surface area contributed by atoms with Crippen LogP contribution >= 0.6 is 7.82 Å². The number of amides is 1. The molecular formula is C69H134N2O6P+. The Balaban J connectivity index is 4.07. The number of phosphoric acid groups is 1. The molecule has 0 saturated carbocycles. The largest absolute Gasteiger partial charge is 0.472 e. The third-order valence-corrected chi connectivity index (χ3v) is 16.5. The smallest absolute Gasteiger partial charge is 0.387 e. The fourth-order valence-electron chi connectivity index (χ4n) is 10.2. The number of quaternary nitrogens is 1. The first-order chi connectivity index (χ1) is 38.0. The van der Waals surface area contributed by atoms with E-state index in [4.69, 9.17) is 9.05 Å². The van der Waals surface area contributed by atoms with Crippen LogP contribution in [0, 0.1) is 0 Å². The summed E-state index contributed by atoms with van der Waals surface area (Å²) in [4.78, 5) is 23.4. The SMILES string of the molecule is CCCCCCC/C=C\C/C=C\CCCCCCCCCCCCCCCCCCCCCCCC(=O)NC(COP(=O)(O)OCC[N+](C)(C)C)C(O)/C=C/CC/C=C/CCCCCCCCCCCCCCCCCCC. The summed E-state index contributed by atoms with van der Waals surface area (Å²) in [7, 11) is 1.57. The predicted octanol–water partition coefficient (Wildman–Crippen LogP) is 21.4. The number of allylic oxidation sites excluding steroid dienone is 7. The Morgan fingerprint density at radius 1 is 0.436 bits per heavy atom. The summed E-state index contributed by atoms with van der Waals surface area (Å²) in [5.74, 6) is -0.181. The van der Waals surface area contributed by atoms with Crippen LogP contribution in [-0.4, -0.2) is 73.4 Å². The van der Waals surface area contributed by atoms with Crippen molar-refractivity contribution in [2.75, 3.05) is 40.9 Å². The fraction of sp³-hybridized carbons (Fsp3) is 0.870. The molecule has 0 aliphatic carbocycles. The maximum absolute atomic E-state index is 13.0. The molecule has 0 rings (SSSR count). The number of nitrogens with zero attached hydrogens (tertiary/aromatic N) is 1. The van der Waals surface area contributed by atoms with Gasteiger partial charge in [0.1, 0.15) is 13.2 Å². The van der Waals surface area contributed by atoms with Crippen LogP contribution < -0.4 is 5.32 Å². The van der Waals surface area contributed by atoms with Crippen molar-refractivity contribution >= 4 is 13.7 Å². The van der Waals surface area contributed by atoms with Crippen molar-refractivity contribution < 1.29 is 32.9 Å². The second kappa shape index (κ2) is 60.1. The summed E-state index contributed by atoms with van der Waals surface area (Å²) in [5, 5.41) is 14.0. The lowest BCUT2D eigenvalue weighted by Crippen LogP contribution is -2.45. The summed E-state index contributed by atoms with van der Waals surface area (Å²) in [6.07, 6.45) is 81.1. The quantitative estimate of drug-likeness (QED) is 0.0243. The van der Waals surface area contributed by atoms with Gasteiger partial charge in [0.2, 0.25) is 5.91 Å². The van der Waals surface area contributed by atoms with Crippen LogP contribution in [0.25, 0.3) is 0 Å². The van der Waals surface area contributed by atoms with E-state index in [0.29, 0.717) is 17.4 Å². The average molecular weight is 1120 g/mol. The van der Waals surface area contributed by atoms with E-state index >= 15 is 0 Å². The number of aliphatic hydroxyl groups excluding tert-OH is 1. The van der Waals surface area contributed by atoms with Gasteiger partial charge in [-0.2, -0.15) is 0 Å². The van der Waals surface area contributed by atoms with Crippen LogP contribution in [0.2, 0.25) is 0 Å². The summed E-state index contributed by atoms with van der Waals surface area (Å²) >= 11 is 0. The number of hydrogen-bond acceptors (Lipinski definition) is 5. The maximum Gasteiger partial charge on any atom is 0.472 e. The first-order valence-corrected chi connectivity index (χ1v) is 35.5. The van der Waals surface area contributed by atoms with Crippen molar-refractivity contribution in [3.8, 4) is 0 Å². The van der Waals surface area contributed by atoms with Gasteiger partial charge in [0.25, 0.3) is 0 Å². The number of phosphoric ester groups is 1. The molecule has 3 unspecified atom stereocenters. The minimum Gasteiger partial charge on any atom is -0.387 e. The van der Waals surface area contributed by atoms with Gasteiger partial charge in [-0.15, -0.1) is 0 Å². The molecule has 3 atom stereocenters. The summed E-state index contributed by atoms with van der Waals surface area (Å²) in [5.41, 5.74) is 0. The van der Waals surface area contributed by atoms with Gasteiger partial charge in [-0.25, -0.2) is 4.57 Å². The molecule has 8 nitrogen and oxygen atoms in total. The van der Waals surface area contributed by atoms with E-state index in [9.17, 15) is 19.4 Å². The molecule has 1 amide bonds. The zero-order valence-corrected chi connectivity index (χ0v) is 53.6. The molecule has 78 heavy (non-hydrogen) atoms. The Labute approximate surface area is 486 Å². The van der Waals surface area contributed by atoms with E-state index in [2.05, 4.69) is 55.6 Å². The highest BCUT2D eigenvalue weighted by Gasteiger charge is 2.28. The summed E-state index contributed by atoms with van der Waals surface area (Å²) in [6.45, 7) is 4.83. The Morgan fingerprint density at radius 2 is 0.744 bits per heavy atom. The molecule has 0 saturated heterocycles. The minimum atomic E-state index is -4.36. The number of rotatable bonds is 63. The number of unbranched alkanes of at least 4 members (excludes halogenated alkanes) is 44. The molecule has 0 radical (unpaired) electrons. The second-order valence-electron chi connectivity index (χ2n) is 24.5. The lowest BCUT2D eigenvalue weighted by molar-refractivity contribution is -0.870. The average Bonchev–Trinajstić information content (AvgIpc) is 3.41. The summed E-state index contributed by atoms with van der Waals surface area (Å²) < 4.78 is 23.8. The Bertz CT molecular complexity index is 1410. The summed E-state index contributed by atoms with van der Waals surface area (Å²) in [6, 6.07) is -0.864. The molecule has 460 valence electrons. The van der Waals surface area contributed by atoms with Crippen molar-refractivity contribution in [1.82, 2.24) is 5.32 Å². The van der Waals surface area contributed by atoms with E-state index in [0.717, 1.165) is 44.9 Å². The second-order valence-corrected chi connectivity index (χ2v) is 26.0. The van der Waals surface area contributed by atoms with Crippen molar-refractivity contribution in [3.63, 3.8) is 0 Å². The molecular weight excluding hydrogens is 984 g/mol. The number of nitrogens with one attached hydrogen (secondary N) is 1. The molecule has 0 aromatic carbocycles. The van der Waals surface area contributed by atoms with Crippen LogP contribution in [0.3, 0.4) is 0 Å². The van der Waals surface area contributed by atoms with Gasteiger partial charge in [0, 0.05) is 6.42 Å². The van der Waals surface area contributed by atoms with Gasteiger partial charge in [-0.1, -0.05) is 313 Å². The number of likely N-dealkylation sites (N-methyl/N-ethyl adjacent to an activating group) is 1. The predicted molar refractivity (Wildman–Crippen MR) is 341 cm³/mol. The highest BCUT2D eigenvalue weighted by Crippen LogP contribution is 2.43. The molecule has 0 aromatic rings. The van der Waals surface area contributed by atoms with E-state index in [-0.39, 0.29) is 19.1 Å². The topological polar surface area (TPSA) is 105 Å². The Kier molecular flexibility index (Phi) is 58.9. The van der Waals surface area contributed by atoms with Crippen LogP contribution in [0.4, 0.5) is 0 Å². The van der Waals surface area contributed by atoms with Gasteiger partial charge in [-0.05, 0) is 64.2 Å². The fourth-order valence-corrected chi connectivity index (χ4v) is 10.9. The number of aliphatic hydroxyl groups is 1. The van der Waals surface area contributed by atoms with Gasteiger partial charge >= 0.3 is 7.82 Å². The molecule has 3 N–H and O–H groups in total. The monoisotopic (exact) mass is 1120 g/mol.